The van der Waals surface area contributed by atoms with Gasteiger partial charge in [0.05, 0.1) is 42.7 Å². The average Bonchev–Trinajstić information content (AvgIpc) is 3.55. The van der Waals surface area contributed by atoms with Gasteiger partial charge in [0.15, 0.2) is 0 Å². The number of hydrogen-bond donors (Lipinski definition) is 3. The summed E-state index contributed by atoms with van der Waals surface area (Å²) in [5.74, 6) is -3.31. The van der Waals surface area contributed by atoms with Crippen molar-refractivity contribution < 1.29 is 37.4 Å². The second-order valence-electron chi connectivity index (χ2n) is 15.8. The molecule has 0 aliphatic carbocycles. The van der Waals surface area contributed by atoms with Crippen molar-refractivity contribution in [3.8, 4) is 0 Å². The van der Waals surface area contributed by atoms with Gasteiger partial charge in [-0.1, -0.05) is 61.0 Å². The van der Waals surface area contributed by atoms with Crippen molar-refractivity contribution >= 4 is 23.6 Å². The summed E-state index contributed by atoms with van der Waals surface area (Å²) in [6.07, 6.45) is -0.165. The molecule has 0 aromatic heterocycles. The van der Waals surface area contributed by atoms with Gasteiger partial charge in [0, 0.05) is 46.0 Å². The summed E-state index contributed by atoms with van der Waals surface area (Å²) in [5.41, 5.74) is -0.0949. The highest BCUT2D eigenvalue weighted by atomic mass is 19.1. The van der Waals surface area contributed by atoms with Crippen LogP contribution in [0.3, 0.4) is 0 Å². The lowest BCUT2D eigenvalue weighted by Crippen LogP contribution is -2.59. The number of methoxy groups -OCH3 is 2. The Balaban J connectivity index is 2.30. The van der Waals surface area contributed by atoms with Crippen LogP contribution in [0.2, 0.25) is 0 Å². The van der Waals surface area contributed by atoms with E-state index in [9.17, 15) is 28.0 Å². The van der Waals surface area contributed by atoms with E-state index in [4.69, 9.17) is 9.47 Å². The summed E-state index contributed by atoms with van der Waals surface area (Å²) in [6.45, 7) is 13.9. The molecule has 54 heavy (non-hydrogen) atoms. The standard InChI is InChI=1S/C40H68F2N6O6/c1-14-25(6)36(47(11)40(52)34(23(2)3)45-39(51)35(24(4)5)46(9)10)32(53-12)21-33(49)48-22-27(43-8)20-31(48)37(54-13)26(7)38(50)44-19-18-28-29(41)16-15-17-30(28)42/h15-17,23-27,31-32,34-37,43H,14,18-22H2,1-13H3,(H,44,50)(H,45,51)/t25-,26+,27-,31-,32+,34-,35-,36-,37+/m0/s1. The van der Waals surface area contributed by atoms with E-state index >= 15 is 0 Å². The zero-order valence-corrected chi connectivity index (χ0v) is 34.9. The molecule has 1 heterocycles. The van der Waals surface area contributed by atoms with Crippen molar-refractivity contribution in [3.05, 3.63) is 35.4 Å². The number of nitrogens with zero attached hydrogens (tertiary/aromatic N) is 3. The van der Waals surface area contributed by atoms with Gasteiger partial charge in [-0.05, 0) is 63.9 Å². The Morgan fingerprint density at radius 3 is 2.04 bits per heavy atom. The highest BCUT2D eigenvalue weighted by Gasteiger charge is 2.45. The molecule has 1 aromatic rings. The molecule has 1 aromatic carbocycles. The SMILES string of the molecule is CC[C@H](C)[C@@H]([C@@H](CC(=O)N1C[C@@H](NC)C[C@H]1[C@H](OC)[C@@H](C)C(=O)NCCc1c(F)cccc1F)OC)N(C)C(=O)[C@@H](NC(=O)[C@H](C(C)C)N(C)C)C(C)C. The number of benzene rings is 1. The molecule has 1 fully saturated rings. The second-order valence-corrected chi connectivity index (χ2v) is 15.8. The van der Waals surface area contributed by atoms with Crippen LogP contribution < -0.4 is 16.0 Å². The molecule has 1 aliphatic heterocycles. The van der Waals surface area contributed by atoms with Crippen LogP contribution in [-0.2, 0) is 35.1 Å². The maximum atomic E-state index is 14.3. The van der Waals surface area contributed by atoms with Crippen LogP contribution in [-0.4, -0.2) is 136 Å². The summed E-state index contributed by atoms with van der Waals surface area (Å²) in [7, 11) is 10.2. The Bertz CT molecular complexity index is 1350. The molecule has 308 valence electrons. The summed E-state index contributed by atoms with van der Waals surface area (Å²) >= 11 is 0. The first-order chi connectivity index (χ1) is 25.4. The number of halogens is 2. The monoisotopic (exact) mass is 767 g/mol. The Kier molecular flexibility index (Phi) is 18.9. The van der Waals surface area contributed by atoms with E-state index in [1.54, 1.807) is 23.8 Å². The smallest absolute Gasteiger partial charge is 0.245 e. The zero-order valence-electron chi connectivity index (χ0n) is 34.9. The lowest BCUT2D eigenvalue weighted by Gasteiger charge is -2.41. The van der Waals surface area contributed by atoms with E-state index in [0.29, 0.717) is 19.4 Å². The van der Waals surface area contributed by atoms with Crippen LogP contribution in [0.5, 0.6) is 0 Å². The molecule has 9 atom stereocenters. The van der Waals surface area contributed by atoms with Gasteiger partial charge in [-0.25, -0.2) is 8.78 Å². The van der Waals surface area contributed by atoms with E-state index in [1.165, 1.54) is 32.4 Å². The van der Waals surface area contributed by atoms with Gasteiger partial charge in [-0.2, -0.15) is 0 Å². The van der Waals surface area contributed by atoms with Gasteiger partial charge in [-0.15, -0.1) is 0 Å². The number of likely N-dealkylation sites (tertiary alicyclic amines) is 1. The quantitative estimate of drug-likeness (QED) is 0.174. The lowest BCUT2D eigenvalue weighted by atomic mass is 9.89. The van der Waals surface area contributed by atoms with Crippen LogP contribution in [0.15, 0.2) is 18.2 Å². The first-order valence-electron chi connectivity index (χ1n) is 19.3. The molecule has 3 N–H and O–H groups in total. The average molecular weight is 767 g/mol. The van der Waals surface area contributed by atoms with Crippen molar-refractivity contribution in [1.29, 1.82) is 0 Å². The predicted octanol–water partition coefficient (Wildman–Crippen LogP) is 3.47. The fourth-order valence-corrected chi connectivity index (χ4v) is 7.88. The molecule has 1 aliphatic rings. The van der Waals surface area contributed by atoms with Gasteiger partial charge >= 0.3 is 0 Å². The van der Waals surface area contributed by atoms with Crippen LogP contribution in [0, 0.1) is 35.3 Å². The Labute approximate surface area is 322 Å². The molecule has 0 saturated carbocycles. The number of ether oxygens (including phenoxy) is 2. The van der Waals surface area contributed by atoms with E-state index in [1.807, 2.05) is 67.6 Å². The summed E-state index contributed by atoms with van der Waals surface area (Å²) in [6, 6.07) is 1.44. The zero-order chi connectivity index (χ0) is 41.0. The van der Waals surface area contributed by atoms with Gasteiger partial charge < -0.3 is 35.2 Å². The van der Waals surface area contributed by atoms with E-state index in [-0.39, 0.29) is 72.4 Å². The number of carbonyl (C=O) groups excluding carboxylic acids is 4. The second kappa shape index (κ2) is 21.8. The third kappa shape index (κ3) is 11.9. The number of rotatable bonds is 21. The summed E-state index contributed by atoms with van der Waals surface area (Å²) in [4.78, 5) is 60.5. The predicted molar refractivity (Wildman–Crippen MR) is 207 cm³/mol. The normalized spacial score (nSPS) is 20.0. The highest BCUT2D eigenvalue weighted by Crippen LogP contribution is 2.30. The fraction of sp³-hybridized carbons (Fsp3) is 0.750. The molecule has 12 nitrogen and oxygen atoms in total. The number of hydrogen-bond acceptors (Lipinski definition) is 8. The molecule has 2 rings (SSSR count). The van der Waals surface area contributed by atoms with Gasteiger partial charge in [0.25, 0.3) is 0 Å². The maximum Gasteiger partial charge on any atom is 0.245 e. The largest absolute Gasteiger partial charge is 0.379 e. The molecule has 0 unspecified atom stereocenters. The molecule has 1 saturated heterocycles. The first-order valence-corrected chi connectivity index (χ1v) is 19.3. The summed E-state index contributed by atoms with van der Waals surface area (Å²) in [5, 5.41) is 9.06. The number of amides is 4. The third-order valence-electron chi connectivity index (χ3n) is 11.1. The molecular weight excluding hydrogens is 698 g/mol. The van der Waals surface area contributed by atoms with Crippen molar-refractivity contribution in [2.45, 2.75) is 117 Å². The first kappa shape index (κ1) is 47.0. The minimum atomic E-state index is -0.788. The minimum absolute atomic E-state index is 0.0178. The van der Waals surface area contributed by atoms with E-state index in [2.05, 4.69) is 16.0 Å². The molecule has 0 spiro atoms. The number of nitrogens with one attached hydrogen (secondary N) is 3. The molecule has 0 bridgehead atoms. The topological polar surface area (TPSA) is 133 Å². The van der Waals surface area contributed by atoms with Crippen molar-refractivity contribution in [3.63, 3.8) is 0 Å². The lowest BCUT2D eigenvalue weighted by molar-refractivity contribution is -0.148. The van der Waals surface area contributed by atoms with Crippen molar-refractivity contribution in [1.82, 2.24) is 30.7 Å². The van der Waals surface area contributed by atoms with Gasteiger partial charge in [-0.3, -0.25) is 24.1 Å². The highest BCUT2D eigenvalue weighted by molar-refractivity contribution is 5.90. The number of likely N-dealkylation sites (N-methyl/N-ethyl adjacent to an activating group) is 3. The minimum Gasteiger partial charge on any atom is -0.379 e. The van der Waals surface area contributed by atoms with Crippen LogP contribution in [0.25, 0.3) is 0 Å². The van der Waals surface area contributed by atoms with Crippen LogP contribution in [0.4, 0.5) is 8.78 Å². The van der Waals surface area contributed by atoms with Crippen molar-refractivity contribution in [2.75, 3.05) is 55.5 Å². The summed E-state index contributed by atoms with van der Waals surface area (Å²) < 4.78 is 40.2. The molecule has 4 amide bonds. The number of carbonyl (C=O) groups is 4. The van der Waals surface area contributed by atoms with Crippen LogP contribution >= 0.6 is 0 Å². The molecule has 14 heteroatoms. The van der Waals surface area contributed by atoms with Gasteiger partial charge in [0.2, 0.25) is 23.6 Å². The van der Waals surface area contributed by atoms with E-state index in [0.717, 1.165) is 0 Å². The van der Waals surface area contributed by atoms with Gasteiger partial charge in [0.1, 0.15) is 17.7 Å². The van der Waals surface area contributed by atoms with E-state index < -0.39 is 53.9 Å². The molecular formula is C40H68F2N6O6. The third-order valence-corrected chi connectivity index (χ3v) is 11.1. The Hall–Kier alpha value is -3.20. The Morgan fingerprint density at radius 1 is 0.944 bits per heavy atom. The fourth-order valence-electron chi connectivity index (χ4n) is 7.88. The van der Waals surface area contributed by atoms with Crippen LogP contribution in [0.1, 0.15) is 73.3 Å². The van der Waals surface area contributed by atoms with Crippen molar-refractivity contribution in [2.24, 2.45) is 23.7 Å². The maximum absolute atomic E-state index is 14.3. The Morgan fingerprint density at radius 2 is 1.56 bits per heavy atom. The molecule has 0 radical (unpaired) electrons.